The fourth-order valence-corrected chi connectivity index (χ4v) is 3.87. The molecule has 1 amide bonds. The lowest BCUT2D eigenvalue weighted by molar-refractivity contribution is -0.274. The number of nitrogens with one attached hydrogen (secondary N) is 1. The number of rotatable bonds is 4. The van der Waals surface area contributed by atoms with Gasteiger partial charge in [0.25, 0.3) is 0 Å². The zero-order valence-corrected chi connectivity index (χ0v) is 16.0. The Labute approximate surface area is 178 Å². The van der Waals surface area contributed by atoms with Crippen molar-refractivity contribution in [2.45, 2.75) is 11.8 Å². The third-order valence-corrected chi connectivity index (χ3v) is 5.24. The molecule has 3 aromatic rings. The number of ether oxygens (including phenoxy) is 1. The Hall–Kier alpha value is -3.44. The van der Waals surface area contributed by atoms with Crippen LogP contribution >= 0.6 is 0 Å². The van der Waals surface area contributed by atoms with E-state index in [9.17, 15) is 36.8 Å². The van der Waals surface area contributed by atoms with E-state index in [0.29, 0.717) is 0 Å². The van der Waals surface area contributed by atoms with Crippen molar-refractivity contribution in [3.8, 4) is 5.75 Å². The highest BCUT2D eigenvalue weighted by Gasteiger charge is 2.51. The fourth-order valence-electron chi connectivity index (χ4n) is 3.87. The first-order valence-electron chi connectivity index (χ1n) is 9.17. The van der Waals surface area contributed by atoms with Crippen molar-refractivity contribution in [1.29, 1.82) is 0 Å². The summed E-state index contributed by atoms with van der Waals surface area (Å²) in [6, 6.07) is 11.9. The SMILES string of the molecule is O=C1Nc2c(ccc(F)c2F)C1(c1ccc(OC(F)(F)F)cc1)c1ccc(B(O)O)cc1. The van der Waals surface area contributed by atoms with Crippen LogP contribution in [-0.2, 0) is 10.2 Å². The zero-order chi connectivity index (χ0) is 23.3. The lowest BCUT2D eigenvalue weighted by Gasteiger charge is -2.29. The van der Waals surface area contributed by atoms with Gasteiger partial charge in [-0.05, 0) is 34.8 Å². The van der Waals surface area contributed by atoms with Crippen molar-refractivity contribution in [1.82, 2.24) is 0 Å². The van der Waals surface area contributed by atoms with Crippen LogP contribution in [0.2, 0.25) is 0 Å². The van der Waals surface area contributed by atoms with E-state index in [2.05, 4.69) is 10.1 Å². The van der Waals surface area contributed by atoms with Crippen LogP contribution in [0.5, 0.6) is 5.75 Å². The van der Waals surface area contributed by atoms with E-state index in [4.69, 9.17) is 0 Å². The van der Waals surface area contributed by atoms with Gasteiger partial charge in [0, 0.05) is 5.56 Å². The molecular weight excluding hydrogens is 436 g/mol. The lowest BCUT2D eigenvalue weighted by Crippen LogP contribution is -2.38. The van der Waals surface area contributed by atoms with Crippen molar-refractivity contribution >= 4 is 24.2 Å². The molecule has 3 N–H and O–H groups in total. The van der Waals surface area contributed by atoms with Crippen LogP contribution in [-0.4, -0.2) is 29.4 Å². The van der Waals surface area contributed by atoms with Crippen molar-refractivity contribution in [2.24, 2.45) is 0 Å². The molecule has 4 rings (SSSR count). The molecule has 164 valence electrons. The minimum absolute atomic E-state index is 0.0446. The van der Waals surface area contributed by atoms with Gasteiger partial charge in [0.05, 0.1) is 5.69 Å². The number of amides is 1. The van der Waals surface area contributed by atoms with Gasteiger partial charge in [-0.1, -0.05) is 42.5 Å². The monoisotopic (exact) mass is 449 g/mol. The lowest BCUT2D eigenvalue weighted by atomic mass is 9.69. The summed E-state index contributed by atoms with van der Waals surface area (Å²) in [5, 5.41) is 21.0. The molecule has 0 aromatic heterocycles. The Morgan fingerprint density at radius 2 is 1.44 bits per heavy atom. The molecule has 3 aromatic carbocycles. The maximum absolute atomic E-state index is 14.5. The van der Waals surface area contributed by atoms with E-state index in [1.54, 1.807) is 0 Å². The van der Waals surface area contributed by atoms with Gasteiger partial charge in [-0.2, -0.15) is 0 Å². The minimum Gasteiger partial charge on any atom is -0.423 e. The summed E-state index contributed by atoms with van der Waals surface area (Å²) >= 11 is 0. The number of anilines is 1. The van der Waals surface area contributed by atoms with E-state index >= 15 is 0 Å². The second-order valence-corrected chi connectivity index (χ2v) is 7.06. The van der Waals surface area contributed by atoms with Gasteiger partial charge in [0.1, 0.15) is 11.2 Å². The molecule has 1 atom stereocenters. The average molecular weight is 449 g/mol. The Balaban J connectivity index is 1.94. The van der Waals surface area contributed by atoms with Crippen molar-refractivity contribution in [2.75, 3.05) is 5.32 Å². The minimum atomic E-state index is -4.92. The summed E-state index contributed by atoms with van der Waals surface area (Å²) in [5.41, 5.74) is -1.58. The van der Waals surface area contributed by atoms with Crippen LogP contribution in [0.25, 0.3) is 0 Å². The molecular formula is C21H13BF5NO4. The molecule has 1 unspecified atom stereocenters. The number of hydrogen-bond donors (Lipinski definition) is 3. The van der Waals surface area contributed by atoms with Gasteiger partial charge in [-0.3, -0.25) is 4.79 Å². The number of hydrogen-bond acceptors (Lipinski definition) is 4. The van der Waals surface area contributed by atoms with E-state index in [1.807, 2.05) is 0 Å². The van der Waals surface area contributed by atoms with Crippen LogP contribution in [0.15, 0.2) is 60.7 Å². The van der Waals surface area contributed by atoms with Crippen LogP contribution in [0.1, 0.15) is 16.7 Å². The normalized spacial score (nSPS) is 17.7. The molecule has 5 nitrogen and oxygen atoms in total. The van der Waals surface area contributed by atoms with Crippen molar-refractivity contribution in [3.05, 3.63) is 89.0 Å². The highest BCUT2D eigenvalue weighted by molar-refractivity contribution is 6.58. The summed E-state index contributed by atoms with van der Waals surface area (Å²) in [5.74, 6) is -3.76. The molecule has 11 heteroatoms. The topological polar surface area (TPSA) is 78.8 Å². The summed E-state index contributed by atoms with van der Waals surface area (Å²) in [4.78, 5) is 13.2. The summed E-state index contributed by atoms with van der Waals surface area (Å²) in [6.45, 7) is 0. The molecule has 0 fully saturated rings. The molecule has 0 saturated carbocycles. The van der Waals surface area contributed by atoms with Crippen LogP contribution in [0.3, 0.4) is 0 Å². The number of carbonyl (C=O) groups is 1. The van der Waals surface area contributed by atoms with Gasteiger partial charge in [-0.25, -0.2) is 8.78 Å². The number of halogens is 5. The molecule has 1 aliphatic heterocycles. The Kier molecular flexibility index (Phi) is 5.18. The third-order valence-electron chi connectivity index (χ3n) is 5.24. The summed E-state index contributed by atoms with van der Waals surface area (Å²) in [6.07, 6.45) is -4.92. The van der Waals surface area contributed by atoms with Crippen LogP contribution in [0.4, 0.5) is 27.6 Å². The highest BCUT2D eigenvalue weighted by Crippen LogP contribution is 2.49. The van der Waals surface area contributed by atoms with E-state index < -0.39 is 47.9 Å². The Bertz CT molecular complexity index is 1180. The van der Waals surface area contributed by atoms with Gasteiger partial charge in [0.15, 0.2) is 11.6 Å². The van der Waals surface area contributed by atoms with E-state index in [1.165, 1.54) is 42.5 Å². The highest BCUT2D eigenvalue weighted by atomic mass is 19.4. The molecule has 1 heterocycles. The van der Waals surface area contributed by atoms with Crippen molar-refractivity contribution in [3.63, 3.8) is 0 Å². The van der Waals surface area contributed by atoms with Crippen LogP contribution in [0, 0.1) is 11.6 Å². The predicted molar refractivity (Wildman–Crippen MR) is 104 cm³/mol. The van der Waals surface area contributed by atoms with E-state index in [-0.39, 0.29) is 22.2 Å². The number of fused-ring (bicyclic) bond motifs is 1. The smallest absolute Gasteiger partial charge is 0.423 e. The molecule has 0 radical (unpaired) electrons. The second kappa shape index (κ2) is 7.61. The maximum Gasteiger partial charge on any atom is 0.573 e. The van der Waals surface area contributed by atoms with Crippen LogP contribution < -0.4 is 15.5 Å². The maximum atomic E-state index is 14.5. The van der Waals surface area contributed by atoms with E-state index in [0.717, 1.165) is 18.2 Å². The first-order chi connectivity index (χ1) is 15.0. The molecule has 0 bridgehead atoms. The van der Waals surface area contributed by atoms with Gasteiger partial charge >= 0.3 is 13.5 Å². The molecule has 0 aliphatic carbocycles. The van der Waals surface area contributed by atoms with Gasteiger partial charge in [-0.15, -0.1) is 13.2 Å². The number of alkyl halides is 3. The third kappa shape index (κ3) is 3.49. The standard InChI is InChI=1S/C21H13BF5NO4/c23-16-10-9-15-18(17(16)24)28-19(29)20(15,11-1-5-13(6-2-11)22(30)31)12-3-7-14(8-4-12)32-21(25,26)27/h1-10,30-31H,(H,28,29). The molecule has 1 aliphatic rings. The van der Waals surface area contributed by atoms with Gasteiger partial charge < -0.3 is 20.1 Å². The largest absolute Gasteiger partial charge is 0.573 e. The Morgan fingerprint density at radius 3 is 1.97 bits per heavy atom. The molecule has 0 saturated heterocycles. The summed E-state index contributed by atoms with van der Waals surface area (Å²) < 4.78 is 69.7. The fraction of sp³-hybridized carbons (Fsp3) is 0.0952. The van der Waals surface area contributed by atoms with Gasteiger partial charge in [0.2, 0.25) is 5.91 Å². The molecule has 0 spiro atoms. The second-order valence-electron chi connectivity index (χ2n) is 7.06. The predicted octanol–water partition coefficient (Wildman–Crippen LogP) is 2.83. The quantitative estimate of drug-likeness (QED) is 0.423. The summed E-state index contributed by atoms with van der Waals surface area (Å²) in [7, 11) is -1.78. The first kappa shape index (κ1) is 21.8. The average Bonchev–Trinajstić information content (AvgIpc) is 3.03. The molecule has 32 heavy (non-hydrogen) atoms. The first-order valence-corrected chi connectivity index (χ1v) is 9.17. The zero-order valence-electron chi connectivity index (χ0n) is 16.0. The van der Waals surface area contributed by atoms with Crippen molar-refractivity contribution < 1.29 is 41.5 Å². The Morgan fingerprint density at radius 1 is 0.875 bits per heavy atom. The number of benzene rings is 3. The number of carbonyl (C=O) groups excluding carboxylic acids is 1.